The predicted octanol–water partition coefficient (Wildman–Crippen LogP) is 3.51. The van der Waals surface area contributed by atoms with Crippen LogP contribution in [0.5, 0.6) is 0 Å². The first-order chi connectivity index (χ1) is 9.40. The van der Waals surface area contributed by atoms with Crippen molar-refractivity contribution in [1.29, 1.82) is 0 Å². The Balaban J connectivity index is 2.24. The predicted molar refractivity (Wildman–Crippen MR) is 77.0 cm³/mol. The number of nitrogens with zero attached hydrogens (tertiary/aromatic N) is 2. The highest BCUT2D eigenvalue weighted by atomic mass is 35.5. The maximum atomic E-state index is 12.5. The lowest BCUT2D eigenvalue weighted by molar-refractivity contribution is -0.384. The summed E-state index contributed by atoms with van der Waals surface area (Å²) in [6.45, 7) is 4.86. The average Bonchev–Trinajstić information content (AvgIpc) is 2.40. The summed E-state index contributed by atoms with van der Waals surface area (Å²) in [6, 6.07) is 4.33. The van der Waals surface area contributed by atoms with Crippen molar-refractivity contribution >= 4 is 23.2 Å². The molecule has 1 fully saturated rings. The van der Waals surface area contributed by atoms with Crippen LogP contribution in [-0.2, 0) is 0 Å². The van der Waals surface area contributed by atoms with Gasteiger partial charge in [-0.1, -0.05) is 18.5 Å². The lowest BCUT2D eigenvalue weighted by Crippen LogP contribution is -2.44. The number of hydrogen-bond acceptors (Lipinski definition) is 3. The molecule has 108 valence electrons. The molecule has 2 rings (SSSR count). The first-order valence-electron chi connectivity index (χ1n) is 6.65. The van der Waals surface area contributed by atoms with Gasteiger partial charge in [0.1, 0.15) is 5.02 Å². The van der Waals surface area contributed by atoms with Gasteiger partial charge >= 0.3 is 0 Å². The third-order valence-electron chi connectivity index (χ3n) is 3.77. The maximum Gasteiger partial charge on any atom is 0.287 e. The standard InChI is InChI=1S/C14H17ClN2O3/c1-9-3-4-10(2)16(8-9)14(18)11-5-6-13(17(19)20)12(15)7-11/h5-7,9-10H,3-4,8H2,1-2H3. The van der Waals surface area contributed by atoms with Crippen LogP contribution in [-0.4, -0.2) is 28.3 Å². The van der Waals surface area contributed by atoms with E-state index in [0.29, 0.717) is 18.0 Å². The van der Waals surface area contributed by atoms with Crippen LogP contribution in [0.15, 0.2) is 18.2 Å². The molecule has 2 atom stereocenters. The zero-order valence-corrected chi connectivity index (χ0v) is 12.3. The van der Waals surface area contributed by atoms with Crippen LogP contribution in [0.3, 0.4) is 0 Å². The highest BCUT2D eigenvalue weighted by Gasteiger charge is 2.28. The Kier molecular flexibility index (Phi) is 4.28. The van der Waals surface area contributed by atoms with Crippen LogP contribution in [0.2, 0.25) is 5.02 Å². The quantitative estimate of drug-likeness (QED) is 0.619. The first kappa shape index (κ1) is 14.8. The molecule has 1 aliphatic heterocycles. The molecule has 0 N–H and O–H groups in total. The molecule has 0 bridgehead atoms. The van der Waals surface area contributed by atoms with E-state index in [1.807, 2.05) is 11.8 Å². The molecular formula is C14H17ClN2O3. The summed E-state index contributed by atoms with van der Waals surface area (Å²) < 4.78 is 0. The topological polar surface area (TPSA) is 63.5 Å². The SMILES string of the molecule is CC1CCC(C)N(C(=O)c2ccc([N+](=O)[O-])c(Cl)c2)C1. The maximum absolute atomic E-state index is 12.5. The minimum Gasteiger partial charge on any atom is -0.336 e. The van der Waals surface area contributed by atoms with Crippen molar-refractivity contribution in [3.05, 3.63) is 38.9 Å². The Labute approximate surface area is 122 Å². The van der Waals surface area contributed by atoms with Crippen LogP contribution in [0, 0.1) is 16.0 Å². The second-order valence-electron chi connectivity index (χ2n) is 5.41. The summed E-state index contributed by atoms with van der Waals surface area (Å²) in [5.74, 6) is 0.365. The minimum atomic E-state index is -0.553. The molecule has 5 nitrogen and oxygen atoms in total. The van der Waals surface area contributed by atoms with Crippen molar-refractivity contribution in [1.82, 2.24) is 4.90 Å². The van der Waals surface area contributed by atoms with E-state index in [9.17, 15) is 14.9 Å². The first-order valence-corrected chi connectivity index (χ1v) is 7.03. The number of rotatable bonds is 2. The summed E-state index contributed by atoms with van der Waals surface area (Å²) in [7, 11) is 0. The van der Waals surface area contributed by atoms with Crippen LogP contribution >= 0.6 is 11.6 Å². The molecule has 20 heavy (non-hydrogen) atoms. The molecule has 1 aromatic rings. The summed E-state index contributed by atoms with van der Waals surface area (Å²) in [6.07, 6.45) is 2.10. The average molecular weight is 297 g/mol. The number of nitro groups is 1. The van der Waals surface area contributed by atoms with Gasteiger partial charge in [-0.25, -0.2) is 0 Å². The van der Waals surface area contributed by atoms with Crippen molar-refractivity contribution < 1.29 is 9.72 Å². The molecule has 0 saturated carbocycles. The van der Waals surface area contributed by atoms with Gasteiger partial charge in [-0.2, -0.15) is 0 Å². The van der Waals surface area contributed by atoms with Crippen LogP contribution in [0.1, 0.15) is 37.0 Å². The molecular weight excluding hydrogens is 280 g/mol. The van der Waals surface area contributed by atoms with E-state index < -0.39 is 4.92 Å². The van der Waals surface area contributed by atoms with E-state index >= 15 is 0 Å². The molecule has 1 amide bonds. The molecule has 1 saturated heterocycles. The number of nitro benzene ring substituents is 1. The number of carbonyl (C=O) groups is 1. The molecule has 0 radical (unpaired) electrons. The Morgan fingerprint density at radius 3 is 2.70 bits per heavy atom. The van der Waals surface area contributed by atoms with E-state index in [-0.39, 0.29) is 22.7 Å². The molecule has 6 heteroatoms. The number of hydrogen-bond donors (Lipinski definition) is 0. The lowest BCUT2D eigenvalue weighted by atomic mass is 9.94. The van der Waals surface area contributed by atoms with Crippen molar-refractivity contribution in [3.63, 3.8) is 0 Å². The highest BCUT2D eigenvalue weighted by molar-refractivity contribution is 6.33. The van der Waals surface area contributed by atoms with E-state index in [2.05, 4.69) is 6.92 Å². The number of benzene rings is 1. The molecule has 1 aromatic carbocycles. The number of amides is 1. The van der Waals surface area contributed by atoms with Gasteiger partial charge in [-0.05, 0) is 37.8 Å². The summed E-state index contributed by atoms with van der Waals surface area (Å²) in [4.78, 5) is 24.5. The van der Waals surface area contributed by atoms with Gasteiger partial charge in [0.2, 0.25) is 0 Å². The van der Waals surface area contributed by atoms with Gasteiger partial charge in [0, 0.05) is 24.2 Å². The van der Waals surface area contributed by atoms with E-state index in [0.717, 1.165) is 12.8 Å². The monoisotopic (exact) mass is 296 g/mol. The third-order valence-corrected chi connectivity index (χ3v) is 4.07. The van der Waals surface area contributed by atoms with Gasteiger partial charge in [-0.3, -0.25) is 14.9 Å². The Morgan fingerprint density at radius 2 is 2.10 bits per heavy atom. The molecule has 1 aliphatic rings. The van der Waals surface area contributed by atoms with Crippen molar-refractivity contribution in [2.24, 2.45) is 5.92 Å². The second kappa shape index (κ2) is 5.79. The van der Waals surface area contributed by atoms with E-state index in [4.69, 9.17) is 11.6 Å². The number of piperidine rings is 1. The van der Waals surface area contributed by atoms with Gasteiger partial charge < -0.3 is 4.90 Å². The Bertz CT molecular complexity index is 547. The summed E-state index contributed by atoms with van der Waals surface area (Å²) in [5.41, 5.74) is 0.227. The Hall–Kier alpha value is -1.62. The van der Waals surface area contributed by atoms with Gasteiger partial charge in [-0.15, -0.1) is 0 Å². The van der Waals surface area contributed by atoms with Gasteiger partial charge in [0.15, 0.2) is 0 Å². The molecule has 2 unspecified atom stereocenters. The minimum absolute atomic E-state index is 0.00133. The summed E-state index contributed by atoms with van der Waals surface area (Å²) >= 11 is 5.86. The second-order valence-corrected chi connectivity index (χ2v) is 5.82. The van der Waals surface area contributed by atoms with Crippen LogP contribution in [0.25, 0.3) is 0 Å². The molecule has 1 heterocycles. The zero-order chi connectivity index (χ0) is 14.9. The fraction of sp³-hybridized carbons (Fsp3) is 0.500. The lowest BCUT2D eigenvalue weighted by Gasteiger charge is -2.36. The van der Waals surface area contributed by atoms with E-state index in [1.165, 1.54) is 18.2 Å². The molecule has 0 spiro atoms. The smallest absolute Gasteiger partial charge is 0.287 e. The summed E-state index contributed by atoms with van der Waals surface area (Å²) in [5, 5.41) is 10.7. The number of likely N-dealkylation sites (tertiary alicyclic amines) is 1. The molecule has 0 aromatic heterocycles. The van der Waals surface area contributed by atoms with Crippen molar-refractivity contribution in [3.8, 4) is 0 Å². The van der Waals surface area contributed by atoms with Gasteiger partial charge in [0.25, 0.3) is 11.6 Å². The fourth-order valence-corrected chi connectivity index (χ4v) is 2.78. The highest BCUT2D eigenvalue weighted by Crippen LogP contribution is 2.28. The van der Waals surface area contributed by atoms with E-state index in [1.54, 1.807) is 0 Å². The van der Waals surface area contributed by atoms with Gasteiger partial charge in [0.05, 0.1) is 4.92 Å². The van der Waals surface area contributed by atoms with Crippen molar-refractivity contribution in [2.75, 3.05) is 6.54 Å². The third kappa shape index (κ3) is 2.93. The van der Waals surface area contributed by atoms with Crippen LogP contribution in [0.4, 0.5) is 5.69 Å². The zero-order valence-electron chi connectivity index (χ0n) is 11.5. The number of halogens is 1. The molecule has 0 aliphatic carbocycles. The van der Waals surface area contributed by atoms with Crippen LogP contribution < -0.4 is 0 Å². The van der Waals surface area contributed by atoms with Crippen molar-refractivity contribution in [2.45, 2.75) is 32.7 Å². The largest absolute Gasteiger partial charge is 0.336 e. The normalized spacial score (nSPS) is 22.6. The number of carbonyl (C=O) groups excluding carboxylic acids is 1. The Morgan fingerprint density at radius 1 is 1.40 bits per heavy atom. The fourth-order valence-electron chi connectivity index (χ4n) is 2.53.